The SMILES string of the molecule is C#CCN(C)c1ccc(C=O)c(O)c1. The number of rotatable bonds is 3. The third-order valence-electron chi connectivity index (χ3n) is 1.91. The largest absolute Gasteiger partial charge is 0.507 e. The maximum atomic E-state index is 10.4. The number of aromatic hydroxyl groups is 1. The monoisotopic (exact) mass is 189 g/mol. The van der Waals surface area contributed by atoms with Gasteiger partial charge in [0.25, 0.3) is 0 Å². The minimum Gasteiger partial charge on any atom is -0.507 e. The molecule has 0 aromatic heterocycles. The normalized spacial score (nSPS) is 9.14. The molecule has 14 heavy (non-hydrogen) atoms. The molecule has 0 aliphatic heterocycles. The predicted octanol–water partition coefficient (Wildman–Crippen LogP) is 1.27. The number of phenolic OH excluding ortho intramolecular Hbond substituents is 1. The molecule has 1 aromatic carbocycles. The average Bonchev–Trinajstić information content (AvgIpc) is 2.18. The maximum Gasteiger partial charge on any atom is 0.153 e. The van der Waals surface area contributed by atoms with Gasteiger partial charge in [0, 0.05) is 18.8 Å². The first-order valence-corrected chi connectivity index (χ1v) is 4.12. The van der Waals surface area contributed by atoms with E-state index in [1.54, 1.807) is 17.0 Å². The Morgan fingerprint density at radius 1 is 1.64 bits per heavy atom. The van der Waals surface area contributed by atoms with Crippen molar-refractivity contribution in [2.24, 2.45) is 0 Å². The van der Waals surface area contributed by atoms with Gasteiger partial charge in [0.15, 0.2) is 6.29 Å². The van der Waals surface area contributed by atoms with Gasteiger partial charge in [0.2, 0.25) is 0 Å². The highest BCUT2D eigenvalue weighted by Crippen LogP contribution is 2.22. The molecule has 1 N–H and O–H groups in total. The van der Waals surface area contributed by atoms with Gasteiger partial charge in [0.05, 0.1) is 12.1 Å². The Morgan fingerprint density at radius 2 is 2.36 bits per heavy atom. The first kappa shape index (κ1) is 10.1. The number of terminal acetylenes is 1. The van der Waals surface area contributed by atoms with Crippen LogP contribution in [0, 0.1) is 12.3 Å². The molecule has 0 atom stereocenters. The van der Waals surface area contributed by atoms with Gasteiger partial charge in [0.1, 0.15) is 5.75 Å². The van der Waals surface area contributed by atoms with Crippen molar-refractivity contribution in [3.63, 3.8) is 0 Å². The summed E-state index contributed by atoms with van der Waals surface area (Å²) in [5, 5.41) is 9.40. The number of nitrogens with zero attached hydrogens (tertiary/aromatic N) is 1. The number of aldehydes is 1. The van der Waals surface area contributed by atoms with E-state index in [4.69, 9.17) is 6.42 Å². The summed E-state index contributed by atoms with van der Waals surface area (Å²) in [5.41, 5.74) is 1.06. The number of anilines is 1. The quantitative estimate of drug-likeness (QED) is 0.575. The van der Waals surface area contributed by atoms with Crippen LogP contribution in [0.4, 0.5) is 5.69 Å². The van der Waals surface area contributed by atoms with Gasteiger partial charge in [-0.15, -0.1) is 6.42 Å². The van der Waals surface area contributed by atoms with Crippen LogP contribution in [0.5, 0.6) is 5.75 Å². The predicted molar refractivity (Wildman–Crippen MR) is 55.6 cm³/mol. The second-order valence-electron chi connectivity index (χ2n) is 2.92. The Morgan fingerprint density at radius 3 is 2.86 bits per heavy atom. The highest BCUT2D eigenvalue weighted by molar-refractivity contribution is 5.80. The maximum absolute atomic E-state index is 10.4. The molecule has 0 aliphatic rings. The fraction of sp³-hybridized carbons (Fsp3) is 0.182. The lowest BCUT2D eigenvalue weighted by atomic mass is 10.2. The molecule has 0 unspecified atom stereocenters. The van der Waals surface area contributed by atoms with E-state index in [-0.39, 0.29) is 11.3 Å². The van der Waals surface area contributed by atoms with E-state index in [9.17, 15) is 9.90 Å². The van der Waals surface area contributed by atoms with Crippen LogP contribution in [-0.2, 0) is 0 Å². The van der Waals surface area contributed by atoms with Crippen LogP contribution >= 0.6 is 0 Å². The van der Waals surface area contributed by atoms with Crippen molar-refractivity contribution in [2.75, 3.05) is 18.5 Å². The molecule has 0 amide bonds. The highest BCUT2D eigenvalue weighted by atomic mass is 16.3. The van der Waals surface area contributed by atoms with Crippen molar-refractivity contribution in [3.8, 4) is 18.1 Å². The Balaban J connectivity index is 2.97. The van der Waals surface area contributed by atoms with Crippen molar-refractivity contribution < 1.29 is 9.90 Å². The van der Waals surface area contributed by atoms with E-state index in [0.717, 1.165) is 5.69 Å². The van der Waals surface area contributed by atoms with Gasteiger partial charge < -0.3 is 10.0 Å². The van der Waals surface area contributed by atoms with Crippen molar-refractivity contribution in [3.05, 3.63) is 23.8 Å². The summed E-state index contributed by atoms with van der Waals surface area (Å²) in [7, 11) is 1.81. The van der Waals surface area contributed by atoms with Gasteiger partial charge in [-0.3, -0.25) is 4.79 Å². The highest BCUT2D eigenvalue weighted by Gasteiger charge is 2.03. The number of phenols is 1. The van der Waals surface area contributed by atoms with Crippen LogP contribution in [0.25, 0.3) is 0 Å². The Kier molecular flexibility index (Phi) is 3.14. The van der Waals surface area contributed by atoms with Gasteiger partial charge >= 0.3 is 0 Å². The number of carbonyl (C=O) groups excluding carboxylic acids is 1. The van der Waals surface area contributed by atoms with E-state index in [0.29, 0.717) is 12.8 Å². The van der Waals surface area contributed by atoms with Crippen molar-refractivity contribution >= 4 is 12.0 Å². The van der Waals surface area contributed by atoms with Crippen LogP contribution < -0.4 is 4.90 Å². The zero-order valence-corrected chi connectivity index (χ0v) is 7.90. The lowest BCUT2D eigenvalue weighted by molar-refractivity contribution is 0.112. The molecule has 0 heterocycles. The third kappa shape index (κ3) is 2.05. The second kappa shape index (κ2) is 4.33. The minimum absolute atomic E-state index is 0.0265. The Bertz CT molecular complexity index is 379. The lowest BCUT2D eigenvalue weighted by Gasteiger charge is -2.16. The average molecular weight is 189 g/mol. The number of carbonyl (C=O) groups is 1. The second-order valence-corrected chi connectivity index (χ2v) is 2.92. The molecular formula is C11H11NO2. The molecule has 72 valence electrons. The fourth-order valence-corrected chi connectivity index (χ4v) is 1.10. The summed E-state index contributed by atoms with van der Waals surface area (Å²) in [6.07, 6.45) is 5.76. The summed E-state index contributed by atoms with van der Waals surface area (Å²) >= 11 is 0. The van der Waals surface area contributed by atoms with Gasteiger partial charge in [-0.1, -0.05) is 5.92 Å². The number of benzene rings is 1. The molecule has 0 saturated carbocycles. The van der Waals surface area contributed by atoms with Crippen LogP contribution in [0.1, 0.15) is 10.4 Å². The third-order valence-corrected chi connectivity index (χ3v) is 1.91. The van der Waals surface area contributed by atoms with E-state index >= 15 is 0 Å². The minimum atomic E-state index is -0.0265. The van der Waals surface area contributed by atoms with Crippen LogP contribution in [0.15, 0.2) is 18.2 Å². The topological polar surface area (TPSA) is 40.5 Å². The number of hydrogen-bond acceptors (Lipinski definition) is 3. The summed E-state index contributed by atoms with van der Waals surface area (Å²) < 4.78 is 0. The van der Waals surface area contributed by atoms with Crippen molar-refractivity contribution in [1.29, 1.82) is 0 Å². The lowest BCUT2D eigenvalue weighted by Crippen LogP contribution is -2.16. The summed E-state index contributed by atoms with van der Waals surface area (Å²) in [6.45, 7) is 0.458. The van der Waals surface area contributed by atoms with E-state index in [2.05, 4.69) is 5.92 Å². The van der Waals surface area contributed by atoms with E-state index in [1.165, 1.54) is 6.07 Å². The van der Waals surface area contributed by atoms with Crippen molar-refractivity contribution in [1.82, 2.24) is 0 Å². The Hall–Kier alpha value is -1.95. The standard InChI is InChI=1S/C11H11NO2/c1-3-6-12(2)10-5-4-9(8-13)11(14)7-10/h1,4-5,7-8,14H,6H2,2H3. The zero-order valence-electron chi connectivity index (χ0n) is 7.90. The Labute approximate surface area is 83.0 Å². The molecule has 3 heteroatoms. The smallest absolute Gasteiger partial charge is 0.153 e. The number of hydrogen-bond donors (Lipinski definition) is 1. The molecule has 1 rings (SSSR count). The van der Waals surface area contributed by atoms with E-state index in [1.807, 2.05) is 7.05 Å². The molecule has 3 nitrogen and oxygen atoms in total. The molecule has 0 saturated heterocycles. The first-order chi connectivity index (χ1) is 6.69. The van der Waals surface area contributed by atoms with Gasteiger partial charge in [-0.2, -0.15) is 0 Å². The van der Waals surface area contributed by atoms with Crippen molar-refractivity contribution in [2.45, 2.75) is 0 Å². The van der Waals surface area contributed by atoms with Crippen LogP contribution in [-0.4, -0.2) is 25.0 Å². The van der Waals surface area contributed by atoms with Gasteiger partial charge in [-0.25, -0.2) is 0 Å². The molecule has 0 aliphatic carbocycles. The summed E-state index contributed by atoms with van der Waals surface area (Å²) in [5.74, 6) is 2.46. The molecule has 0 bridgehead atoms. The molecule has 0 spiro atoms. The molecule has 0 fully saturated rings. The molecule has 0 radical (unpaired) electrons. The summed E-state index contributed by atoms with van der Waals surface area (Å²) in [6, 6.07) is 4.81. The zero-order chi connectivity index (χ0) is 10.6. The summed E-state index contributed by atoms with van der Waals surface area (Å²) in [4.78, 5) is 12.2. The molecule has 1 aromatic rings. The first-order valence-electron chi connectivity index (χ1n) is 4.12. The van der Waals surface area contributed by atoms with Crippen LogP contribution in [0.3, 0.4) is 0 Å². The molecular weight excluding hydrogens is 178 g/mol. The van der Waals surface area contributed by atoms with E-state index < -0.39 is 0 Å². The fourth-order valence-electron chi connectivity index (χ4n) is 1.10. The van der Waals surface area contributed by atoms with Gasteiger partial charge in [-0.05, 0) is 12.1 Å². The van der Waals surface area contributed by atoms with Crippen LogP contribution in [0.2, 0.25) is 0 Å².